The van der Waals surface area contributed by atoms with Gasteiger partial charge >= 0.3 is 0 Å². The molecule has 1 rings (SSSR count). The summed E-state index contributed by atoms with van der Waals surface area (Å²) in [5.41, 5.74) is 2.50. The molecular formula is C9H13BO. The summed E-state index contributed by atoms with van der Waals surface area (Å²) in [6.45, 7) is 4.81. The molecule has 58 valence electrons. The lowest BCUT2D eigenvalue weighted by molar-refractivity contribution is 0.338. The van der Waals surface area contributed by atoms with Crippen LogP contribution in [0.4, 0.5) is 0 Å². The van der Waals surface area contributed by atoms with Crippen LogP contribution in [0.2, 0.25) is 0 Å². The van der Waals surface area contributed by atoms with Gasteiger partial charge in [-0.25, -0.2) is 0 Å². The third-order valence-corrected chi connectivity index (χ3v) is 1.63. The van der Waals surface area contributed by atoms with Gasteiger partial charge in [0.1, 0.15) is 13.6 Å². The Morgan fingerprint density at radius 3 is 2.73 bits per heavy atom. The largest absolute Gasteiger partial charge is 0.494 e. The molecule has 0 atom stereocenters. The van der Waals surface area contributed by atoms with Crippen molar-refractivity contribution in [1.82, 2.24) is 0 Å². The van der Waals surface area contributed by atoms with Crippen LogP contribution >= 0.6 is 0 Å². The molecule has 2 heteroatoms. The summed E-state index contributed by atoms with van der Waals surface area (Å²) < 4.78 is 5.39. The Balaban J connectivity index is 2.90. The molecule has 0 aliphatic carbocycles. The second-order valence-electron chi connectivity index (χ2n) is 2.70. The summed E-state index contributed by atoms with van der Waals surface area (Å²) >= 11 is 0. The Bertz CT molecular complexity index is 245. The minimum Gasteiger partial charge on any atom is -0.494 e. The summed E-state index contributed by atoms with van der Waals surface area (Å²) in [5.74, 6) is 0.998. The van der Waals surface area contributed by atoms with E-state index in [1.807, 2.05) is 13.0 Å². The topological polar surface area (TPSA) is 9.23 Å². The van der Waals surface area contributed by atoms with E-state index < -0.39 is 0 Å². The van der Waals surface area contributed by atoms with Crippen molar-refractivity contribution < 1.29 is 4.74 Å². The zero-order valence-corrected chi connectivity index (χ0v) is 7.35. The van der Waals surface area contributed by atoms with E-state index >= 15 is 0 Å². The van der Waals surface area contributed by atoms with Crippen molar-refractivity contribution in [3.8, 4) is 5.75 Å². The van der Waals surface area contributed by atoms with Crippen LogP contribution in [0.15, 0.2) is 18.2 Å². The lowest BCUT2D eigenvalue weighted by Crippen LogP contribution is -2.03. The van der Waals surface area contributed by atoms with Crippen molar-refractivity contribution >= 4 is 13.3 Å². The van der Waals surface area contributed by atoms with Gasteiger partial charge in [-0.2, -0.15) is 0 Å². The molecule has 1 aromatic carbocycles. The maximum atomic E-state index is 5.39. The van der Waals surface area contributed by atoms with Crippen molar-refractivity contribution in [2.75, 3.05) is 6.61 Å². The SMILES string of the molecule is Bc1ccc(OCC)c(C)c1. The van der Waals surface area contributed by atoms with Crippen LogP contribution in [0.25, 0.3) is 0 Å². The van der Waals surface area contributed by atoms with E-state index in [4.69, 9.17) is 4.74 Å². The lowest BCUT2D eigenvalue weighted by atomic mass is 9.94. The summed E-state index contributed by atoms with van der Waals surface area (Å²) in [7, 11) is 2.09. The van der Waals surface area contributed by atoms with Gasteiger partial charge in [0.25, 0.3) is 0 Å². The third kappa shape index (κ3) is 2.00. The van der Waals surface area contributed by atoms with Crippen LogP contribution in [0, 0.1) is 6.92 Å². The Hall–Kier alpha value is -0.915. The molecule has 0 heterocycles. The zero-order valence-electron chi connectivity index (χ0n) is 7.35. The molecule has 1 aromatic rings. The van der Waals surface area contributed by atoms with Gasteiger partial charge in [0.15, 0.2) is 0 Å². The minimum atomic E-state index is 0.740. The van der Waals surface area contributed by atoms with Gasteiger partial charge in [-0.1, -0.05) is 17.6 Å². The highest BCUT2D eigenvalue weighted by Gasteiger charge is 1.96. The molecule has 0 saturated heterocycles. The smallest absolute Gasteiger partial charge is 0.139 e. The molecule has 0 spiro atoms. The van der Waals surface area contributed by atoms with Gasteiger partial charge in [-0.05, 0) is 25.5 Å². The molecule has 0 fully saturated rings. The van der Waals surface area contributed by atoms with E-state index in [-0.39, 0.29) is 0 Å². The Labute approximate surface area is 68.8 Å². The standard InChI is InChI=1S/C9H13BO/c1-3-11-9-5-4-8(10)6-7(9)2/h4-6H,3,10H2,1-2H3. The summed E-state index contributed by atoms with van der Waals surface area (Å²) in [5, 5.41) is 0. The summed E-state index contributed by atoms with van der Waals surface area (Å²) in [4.78, 5) is 0. The van der Waals surface area contributed by atoms with Crippen molar-refractivity contribution in [1.29, 1.82) is 0 Å². The fourth-order valence-electron chi connectivity index (χ4n) is 1.12. The van der Waals surface area contributed by atoms with Gasteiger partial charge in [-0.15, -0.1) is 0 Å². The van der Waals surface area contributed by atoms with Gasteiger partial charge in [0, 0.05) is 0 Å². The molecular weight excluding hydrogens is 135 g/mol. The predicted octanol–water partition coefficient (Wildman–Crippen LogP) is 0.652. The second-order valence-corrected chi connectivity index (χ2v) is 2.70. The van der Waals surface area contributed by atoms with Gasteiger partial charge in [0.2, 0.25) is 0 Å². The molecule has 11 heavy (non-hydrogen) atoms. The molecule has 0 aliphatic heterocycles. The Morgan fingerprint density at radius 1 is 1.45 bits per heavy atom. The molecule has 0 radical (unpaired) electrons. The first-order valence-corrected chi connectivity index (χ1v) is 3.94. The summed E-state index contributed by atoms with van der Waals surface area (Å²) in [6.07, 6.45) is 0. The zero-order chi connectivity index (χ0) is 8.27. The van der Waals surface area contributed by atoms with E-state index in [1.165, 1.54) is 11.0 Å². The van der Waals surface area contributed by atoms with Gasteiger partial charge < -0.3 is 4.74 Å². The maximum Gasteiger partial charge on any atom is 0.139 e. The number of hydrogen-bond donors (Lipinski definition) is 0. The van der Waals surface area contributed by atoms with Crippen LogP contribution in [-0.2, 0) is 0 Å². The van der Waals surface area contributed by atoms with Crippen molar-refractivity contribution in [2.45, 2.75) is 13.8 Å². The van der Waals surface area contributed by atoms with Crippen LogP contribution in [-0.4, -0.2) is 14.5 Å². The Morgan fingerprint density at radius 2 is 2.18 bits per heavy atom. The number of rotatable bonds is 2. The normalized spacial score (nSPS) is 9.64. The van der Waals surface area contributed by atoms with Crippen LogP contribution in [0.5, 0.6) is 5.75 Å². The lowest BCUT2D eigenvalue weighted by Gasteiger charge is -2.06. The molecule has 0 saturated carbocycles. The number of benzene rings is 1. The van der Waals surface area contributed by atoms with Crippen LogP contribution < -0.4 is 10.2 Å². The first-order valence-electron chi connectivity index (χ1n) is 3.94. The van der Waals surface area contributed by atoms with E-state index in [9.17, 15) is 0 Å². The molecule has 0 bridgehead atoms. The average molecular weight is 148 g/mol. The molecule has 0 unspecified atom stereocenters. The minimum absolute atomic E-state index is 0.740. The van der Waals surface area contributed by atoms with Crippen molar-refractivity contribution in [3.63, 3.8) is 0 Å². The second kappa shape index (κ2) is 3.47. The van der Waals surface area contributed by atoms with Gasteiger partial charge in [0.05, 0.1) is 6.61 Å². The first-order chi connectivity index (χ1) is 5.24. The van der Waals surface area contributed by atoms with E-state index in [1.54, 1.807) is 0 Å². The maximum absolute atomic E-state index is 5.39. The van der Waals surface area contributed by atoms with Crippen LogP contribution in [0.3, 0.4) is 0 Å². The number of aryl methyl sites for hydroxylation is 1. The first kappa shape index (κ1) is 8.18. The monoisotopic (exact) mass is 148 g/mol. The number of ether oxygens (including phenoxy) is 1. The van der Waals surface area contributed by atoms with Gasteiger partial charge in [-0.3, -0.25) is 0 Å². The fourth-order valence-corrected chi connectivity index (χ4v) is 1.12. The van der Waals surface area contributed by atoms with E-state index in [0.717, 1.165) is 12.4 Å². The molecule has 1 nitrogen and oxygen atoms in total. The average Bonchev–Trinajstić information content (AvgIpc) is 1.95. The summed E-state index contributed by atoms with van der Waals surface area (Å²) in [6, 6.07) is 6.22. The van der Waals surface area contributed by atoms with Crippen molar-refractivity contribution in [3.05, 3.63) is 23.8 Å². The Kier molecular flexibility index (Phi) is 2.58. The highest BCUT2D eigenvalue weighted by Crippen LogP contribution is 2.14. The highest BCUT2D eigenvalue weighted by molar-refractivity contribution is 6.32. The fraction of sp³-hybridized carbons (Fsp3) is 0.333. The molecule has 0 amide bonds. The third-order valence-electron chi connectivity index (χ3n) is 1.63. The molecule has 0 N–H and O–H groups in total. The molecule has 0 aliphatic rings. The number of hydrogen-bond acceptors (Lipinski definition) is 1. The highest BCUT2D eigenvalue weighted by atomic mass is 16.5. The van der Waals surface area contributed by atoms with Crippen molar-refractivity contribution in [2.24, 2.45) is 0 Å². The predicted molar refractivity (Wildman–Crippen MR) is 50.5 cm³/mol. The molecule has 0 aromatic heterocycles. The quantitative estimate of drug-likeness (QED) is 0.559. The van der Waals surface area contributed by atoms with Crippen LogP contribution in [0.1, 0.15) is 12.5 Å². The van der Waals surface area contributed by atoms with E-state index in [0.29, 0.717) is 0 Å². The van der Waals surface area contributed by atoms with E-state index in [2.05, 4.69) is 26.9 Å².